The number of hydrogen-bond donors (Lipinski definition) is 1. The molecule has 1 aromatic heterocycles. The van der Waals surface area contributed by atoms with Crippen LogP contribution in [-0.2, 0) is 4.74 Å². The maximum Gasteiger partial charge on any atom is 0.148 e. The number of aromatic nitrogens is 2. The molecule has 0 spiro atoms. The molecule has 0 bridgehead atoms. The van der Waals surface area contributed by atoms with E-state index in [-0.39, 0.29) is 5.60 Å². The van der Waals surface area contributed by atoms with E-state index in [1.54, 1.807) is 13.3 Å². The molecule has 76 valence electrons. The van der Waals surface area contributed by atoms with Crippen molar-refractivity contribution in [2.45, 2.75) is 24.9 Å². The summed E-state index contributed by atoms with van der Waals surface area (Å²) in [5.74, 6) is 0.816. The van der Waals surface area contributed by atoms with Gasteiger partial charge in [-0.2, -0.15) is 5.10 Å². The third-order valence-electron chi connectivity index (χ3n) is 2.86. The van der Waals surface area contributed by atoms with E-state index < -0.39 is 0 Å². The minimum absolute atomic E-state index is 0.0392. The molecule has 0 unspecified atom stereocenters. The van der Waals surface area contributed by atoms with Crippen LogP contribution in [0.4, 0.5) is 5.82 Å². The molecule has 1 aromatic rings. The largest absolute Gasteiger partial charge is 0.376 e. The van der Waals surface area contributed by atoms with Gasteiger partial charge < -0.3 is 10.1 Å². The maximum absolute atomic E-state index is 5.48. The van der Waals surface area contributed by atoms with E-state index in [9.17, 15) is 0 Å². The normalized spacial score (nSPS) is 18.6. The molecule has 14 heavy (non-hydrogen) atoms. The molecule has 1 aliphatic rings. The molecule has 4 heteroatoms. The smallest absolute Gasteiger partial charge is 0.148 e. The highest BCUT2D eigenvalue weighted by molar-refractivity contribution is 5.32. The van der Waals surface area contributed by atoms with Crippen molar-refractivity contribution in [3.8, 4) is 0 Å². The van der Waals surface area contributed by atoms with Crippen LogP contribution < -0.4 is 5.32 Å². The van der Waals surface area contributed by atoms with E-state index in [0.29, 0.717) is 0 Å². The molecule has 1 fully saturated rings. The van der Waals surface area contributed by atoms with Gasteiger partial charge in [0, 0.05) is 19.9 Å². The fourth-order valence-electron chi connectivity index (χ4n) is 1.67. The molecule has 1 saturated carbocycles. The number of nitrogens with zero attached hydrogens (tertiary/aromatic N) is 2. The summed E-state index contributed by atoms with van der Waals surface area (Å²) in [7, 11) is 1.78. The molecular formula is C10H15N3O. The van der Waals surface area contributed by atoms with Gasteiger partial charge in [-0.1, -0.05) is 0 Å². The summed E-state index contributed by atoms with van der Waals surface area (Å²) < 4.78 is 5.48. The number of ether oxygens (including phenoxy) is 1. The zero-order valence-electron chi connectivity index (χ0n) is 8.36. The van der Waals surface area contributed by atoms with Gasteiger partial charge >= 0.3 is 0 Å². The lowest BCUT2D eigenvalue weighted by Gasteiger charge is -2.40. The minimum Gasteiger partial charge on any atom is -0.376 e. The SMILES string of the molecule is COC1(CNc2cccnn2)CCC1. The van der Waals surface area contributed by atoms with Crippen molar-refractivity contribution >= 4 is 5.82 Å². The van der Waals surface area contributed by atoms with Crippen LogP contribution in [0.25, 0.3) is 0 Å². The minimum atomic E-state index is 0.0392. The summed E-state index contributed by atoms with van der Waals surface area (Å²) in [6, 6.07) is 3.78. The van der Waals surface area contributed by atoms with Crippen LogP contribution in [0.2, 0.25) is 0 Å². The first-order valence-corrected chi connectivity index (χ1v) is 4.91. The van der Waals surface area contributed by atoms with Crippen molar-refractivity contribution in [2.24, 2.45) is 0 Å². The van der Waals surface area contributed by atoms with Crippen LogP contribution >= 0.6 is 0 Å². The number of hydrogen-bond acceptors (Lipinski definition) is 4. The molecule has 0 saturated heterocycles. The second-order valence-electron chi connectivity index (χ2n) is 3.70. The van der Waals surface area contributed by atoms with E-state index in [0.717, 1.165) is 25.2 Å². The first-order chi connectivity index (χ1) is 6.85. The van der Waals surface area contributed by atoms with Crippen LogP contribution in [0.3, 0.4) is 0 Å². The molecular weight excluding hydrogens is 178 g/mol. The number of rotatable bonds is 4. The van der Waals surface area contributed by atoms with Gasteiger partial charge in [-0.3, -0.25) is 0 Å². The van der Waals surface area contributed by atoms with E-state index >= 15 is 0 Å². The average Bonchev–Trinajstić information content (AvgIpc) is 2.19. The van der Waals surface area contributed by atoms with Crippen LogP contribution in [0, 0.1) is 0 Å². The fourth-order valence-corrected chi connectivity index (χ4v) is 1.67. The lowest BCUT2D eigenvalue weighted by atomic mass is 9.80. The van der Waals surface area contributed by atoms with Crippen molar-refractivity contribution < 1.29 is 4.74 Å². The van der Waals surface area contributed by atoms with Gasteiger partial charge in [0.15, 0.2) is 0 Å². The molecule has 0 aromatic carbocycles. The molecule has 4 nitrogen and oxygen atoms in total. The predicted molar refractivity (Wildman–Crippen MR) is 54.1 cm³/mol. The van der Waals surface area contributed by atoms with Crippen molar-refractivity contribution in [1.82, 2.24) is 10.2 Å². The van der Waals surface area contributed by atoms with Crippen LogP contribution in [0.5, 0.6) is 0 Å². The Bertz CT molecular complexity index is 279. The van der Waals surface area contributed by atoms with E-state index in [4.69, 9.17) is 4.74 Å². The molecule has 0 radical (unpaired) electrons. The average molecular weight is 193 g/mol. The third kappa shape index (κ3) is 1.85. The van der Waals surface area contributed by atoms with Gasteiger partial charge in [-0.15, -0.1) is 5.10 Å². The summed E-state index contributed by atoms with van der Waals surface area (Å²) in [4.78, 5) is 0. The maximum atomic E-state index is 5.48. The second-order valence-corrected chi connectivity index (χ2v) is 3.70. The number of anilines is 1. The lowest BCUT2D eigenvalue weighted by Crippen LogP contribution is -2.45. The first-order valence-electron chi connectivity index (χ1n) is 4.91. The van der Waals surface area contributed by atoms with E-state index in [1.165, 1.54) is 6.42 Å². The topological polar surface area (TPSA) is 47.0 Å². The van der Waals surface area contributed by atoms with Gasteiger partial charge in [-0.05, 0) is 31.4 Å². The Kier molecular flexibility index (Phi) is 2.63. The second kappa shape index (κ2) is 3.92. The monoisotopic (exact) mass is 193 g/mol. The molecule has 1 aliphatic carbocycles. The Morgan fingerprint density at radius 2 is 2.43 bits per heavy atom. The molecule has 0 amide bonds. The fraction of sp³-hybridized carbons (Fsp3) is 0.600. The number of nitrogens with one attached hydrogen (secondary N) is 1. The number of methoxy groups -OCH3 is 1. The summed E-state index contributed by atoms with van der Waals surface area (Å²) in [5.41, 5.74) is 0.0392. The molecule has 0 atom stereocenters. The molecule has 0 aliphatic heterocycles. The van der Waals surface area contributed by atoms with Crippen LogP contribution in [0.15, 0.2) is 18.3 Å². The highest BCUT2D eigenvalue weighted by Crippen LogP contribution is 2.34. The van der Waals surface area contributed by atoms with Crippen LogP contribution in [-0.4, -0.2) is 29.5 Å². The summed E-state index contributed by atoms with van der Waals surface area (Å²) in [6.45, 7) is 0.822. The van der Waals surface area contributed by atoms with Gasteiger partial charge in [-0.25, -0.2) is 0 Å². The lowest BCUT2D eigenvalue weighted by molar-refractivity contribution is -0.0601. The zero-order valence-corrected chi connectivity index (χ0v) is 8.36. The molecule has 1 heterocycles. The van der Waals surface area contributed by atoms with Crippen molar-refractivity contribution in [2.75, 3.05) is 19.0 Å². The van der Waals surface area contributed by atoms with Gasteiger partial charge in [0.05, 0.1) is 5.60 Å². The van der Waals surface area contributed by atoms with Crippen LogP contribution in [0.1, 0.15) is 19.3 Å². The summed E-state index contributed by atoms with van der Waals surface area (Å²) in [5, 5.41) is 11.0. The third-order valence-corrected chi connectivity index (χ3v) is 2.86. The highest BCUT2D eigenvalue weighted by Gasteiger charge is 2.36. The standard InChI is InChI=1S/C10H15N3O/c1-14-10(5-3-6-10)8-11-9-4-2-7-12-13-9/h2,4,7H,3,5-6,8H2,1H3,(H,11,13). The Morgan fingerprint density at radius 3 is 2.93 bits per heavy atom. The highest BCUT2D eigenvalue weighted by atomic mass is 16.5. The Labute approximate surface area is 83.7 Å². The molecule has 1 N–H and O–H groups in total. The Morgan fingerprint density at radius 1 is 1.57 bits per heavy atom. The van der Waals surface area contributed by atoms with Crippen molar-refractivity contribution in [3.63, 3.8) is 0 Å². The Balaban J connectivity index is 1.88. The van der Waals surface area contributed by atoms with E-state index in [1.807, 2.05) is 12.1 Å². The van der Waals surface area contributed by atoms with Crippen molar-refractivity contribution in [1.29, 1.82) is 0 Å². The first kappa shape index (κ1) is 9.40. The van der Waals surface area contributed by atoms with E-state index in [2.05, 4.69) is 15.5 Å². The summed E-state index contributed by atoms with van der Waals surface area (Å²) in [6.07, 6.45) is 5.20. The van der Waals surface area contributed by atoms with Gasteiger partial charge in [0.25, 0.3) is 0 Å². The Hall–Kier alpha value is -1.16. The quantitative estimate of drug-likeness (QED) is 0.786. The van der Waals surface area contributed by atoms with Gasteiger partial charge in [0.1, 0.15) is 5.82 Å². The predicted octanol–water partition coefficient (Wildman–Crippen LogP) is 1.46. The van der Waals surface area contributed by atoms with Gasteiger partial charge in [0.2, 0.25) is 0 Å². The van der Waals surface area contributed by atoms with Crippen molar-refractivity contribution in [3.05, 3.63) is 18.3 Å². The zero-order chi connectivity index (χ0) is 9.86. The summed E-state index contributed by atoms with van der Waals surface area (Å²) >= 11 is 0. The molecule has 2 rings (SSSR count).